The van der Waals surface area contributed by atoms with E-state index in [2.05, 4.69) is 21.2 Å². The molecule has 3 nitrogen and oxygen atoms in total. The summed E-state index contributed by atoms with van der Waals surface area (Å²) in [5.41, 5.74) is 0. The molecule has 14 heavy (non-hydrogen) atoms. The molecule has 1 aromatic rings. The summed E-state index contributed by atoms with van der Waals surface area (Å²) in [6.07, 6.45) is 0.281. The number of halogens is 1. The summed E-state index contributed by atoms with van der Waals surface area (Å²) in [6.45, 7) is 0. The minimum Gasteiger partial charge on any atom is -0.388 e. The molecule has 1 aromatic heterocycles. The number of thiophene rings is 1. The summed E-state index contributed by atoms with van der Waals surface area (Å²) < 4.78 is 0.992. The fraction of sp³-hybridized carbons (Fsp3) is 0.444. The molecule has 2 N–H and O–H groups in total. The average Bonchev–Trinajstić information content (AvgIpc) is 2.60. The molecule has 0 aliphatic heterocycles. The first kappa shape index (κ1) is 11.7. The van der Waals surface area contributed by atoms with Gasteiger partial charge in [0, 0.05) is 18.3 Å². The molecule has 1 unspecified atom stereocenters. The number of rotatable bonds is 4. The predicted octanol–water partition coefficient (Wildman–Crippen LogP) is 2.07. The summed E-state index contributed by atoms with van der Waals surface area (Å²) in [5, 5.41) is 12.2. The second-order valence-electron chi connectivity index (χ2n) is 2.87. The number of amides is 1. The minimum atomic E-state index is -0.538. The van der Waals surface area contributed by atoms with Gasteiger partial charge >= 0.3 is 0 Å². The van der Waals surface area contributed by atoms with E-state index in [1.165, 1.54) is 11.3 Å². The lowest BCUT2D eigenvalue weighted by Crippen LogP contribution is -2.18. The lowest BCUT2D eigenvalue weighted by Gasteiger charge is -2.06. The monoisotopic (exact) mass is 277 g/mol. The summed E-state index contributed by atoms with van der Waals surface area (Å²) in [5.74, 6) is -0.0420. The zero-order valence-corrected chi connectivity index (χ0v) is 10.2. The van der Waals surface area contributed by atoms with Gasteiger partial charge in [-0.2, -0.15) is 0 Å². The fourth-order valence-corrected chi connectivity index (χ4v) is 2.49. The molecular formula is C9H12BrNO2S. The van der Waals surface area contributed by atoms with Crippen LogP contribution in [-0.4, -0.2) is 18.1 Å². The topological polar surface area (TPSA) is 49.3 Å². The van der Waals surface area contributed by atoms with Crippen LogP contribution in [-0.2, 0) is 4.79 Å². The number of hydrogen-bond donors (Lipinski definition) is 2. The summed E-state index contributed by atoms with van der Waals surface area (Å²) in [6, 6.07) is 3.76. The molecule has 1 atom stereocenters. The quantitative estimate of drug-likeness (QED) is 0.885. The highest BCUT2D eigenvalue weighted by atomic mass is 79.9. The second-order valence-corrected chi connectivity index (χ2v) is 5.36. The molecule has 0 aromatic carbocycles. The van der Waals surface area contributed by atoms with Gasteiger partial charge in [-0.1, -0.05) is 0 Å². The molecule has 5 heteroatoms. The first-order valence-corrected chi connectivity index (χ1v) is 5.88. The van der Waals surface area contributed by atoms with E-state index in [1.807, 2.05) is 12.1 Å². The largest absolute Gasteiger partial charge is 0.388 e. The number of nitrogens with one attached hydrogen (secondary N) is 1. The van der Waals surface area contributed by atoms with Crippen LogP contribution in [0.1, 0.15) is 23.8 Å². The van der Waals surface area contributed by atoms with Crippen molar-refractivity contribution in [3.8, 4) is 0 Å². The minimum absolute atomic E-state index is 0.0420. The van der Waals surface area contributed by atoms with E-state index in [0.29, 0.717) is 12.8 Å². The first-order chi connectivity index (χ1) is 6.63. The van der Waals surface area contributed by atoms with Crippen LogP contribution in [0.3, 0.4) is 0 Å². The van der Waals surface area contributed by atoms with E-state index < -0.39 is 6.10 Å². The zero-order valence-electron chi connectivity index (χ0n) is 7.79. The third-order valence-corrected chi connectivity index (χ3v) is 3.57. The molecule has 1 heterocycles. The Kier molecular flexibility index (Phi) is 4.57. The van der Waals surface area contributed by atoms with Gasteiger partial charge in [-0.25, -0.2) is 0 Å². The molecule has 0 radical (unpaired) electrons. The van der Waals surface area contributed by atoms with E-state index in [9.17, 15) is 9.90 Å². The number of carbonyl (C=O) groups excluding carboxylic acids is 1. The molecule has 0 bridgehead atoms. The number of hydrogen-bond acceptors (Lipinski definition) is 3. The van der Waals surface area contributed by atoms with Gasteiger partial charge in [-0.05, 0) is 34.5 Å². The van der Waals surface area contributed by atoms with Crippen LogP contribution in [0.4, 0.5) is 0 Å². The van der Waals surface area contributed by atoms with Crippen molar-refractivity contribution in [2.24, 2.45) is 0 Å². The SMILES string of the molecule is CNC(=O)CCC(O)c1ccc(Br)s1. The molecular weight excluding hydrogens is 266 g/mol. The standard InChI is InChI=1S/C9H12BrNO2S/c1-11-9(13)5-2-6(12)7-3-4-8(10)14-7/h3-4,6,12H,2,5H2,1H3,(H,11,13). The molecule has 0 aliphatic rings. The van der Waals surface area contributed by atoms with Gasteiger partial charge in [0.1, 0.15) is 0 Å². The normalized spacial score (nSPS) is 12.5. The van der Waals surface area contributed by atoms with Crippen molar-refractivity contribution in [3.63, 3.8) is 0 Å². The van der Waals surface area contributed by atoms with Crippen molar-refractivity contribution >= 4 is 33.2 Å². The molecule has 0 fully saturated rings. The van der Waals surface area contributed by atoms with Crippen molar-refractivity contribution in [1.82, 2.24) is 5.32 Å². The second kappa shape index (κ2) is 5.48. The van der Waals surface area contributed by atoms with Crippen molar-refractivity contribution < 1.29 is 9.90 Å². The van der Waals surface area contributed by atoms with Crippen molar-refractivity contribution in [3.05, 3.63) is 20.8 Å². The Balaban J connectivity index is 2.42. The van der Waals surface area contributed by atoms with Gasteiger partial charge in [0.15, 0.2) is 0 Å². The van der Waals surface area contributed by atoms with Crippen molar-refractivity contribution in [2.75, 3.05) is 7.05 Å². The van der Waals surface area contributed by atoms with E-state index in [-0.39, 0.29) is 5.91 Å². The van der Waals surface area contributed by atoms with Crippen LogP contribution < -0.4 is 5.32 Å². The van der Waals surface area contributed by atoms with E-state index in [4.69, 9.17) is 0 Å². The first-order valence-electron chi connectivity index (χ1n) is 4.27. The highest BCUT2D eigenvalue weighted by Gasteiger charge is 2.11. The van der Waals surface area contributed by atoms with E-state index in [1.54, 1.807) is 7.05 Å². The Morgan fingerprint density at radius 3 is 2.93 bits per heavy atom. The maximum atomic E-state index is 10.9. The molecule has 0 saturated carbocycles. The molecule has 78 valence electrons. The molecule has 0 spiro atoms. The maximum Gasteiger partial charge on any atom is 0.219 e. The van der Waals surface area contributed by atoms with Crippen LogP contribution in [0.25, 0.3) is 0 Å². The van der Waals surface area contributed by atoms with E-state index in [0.717, 1.165) is 8.66 Å². The maximum absolute atomic E-state index is 10.9. The van der Waals surface area contributed by atoms with Crippen LogP contribution in [0.15, 0.2) is 15.9 Å². The highest BCUT2D eigenvalue weighted by molar-refractivity contribution is 9.11. The lowest BCUT2D eigenvalue weighted by molar-refractivity contribution is -0.121. The summed E-state index contributed by atoms with van der Waals surface area (Å²) in [7, 11) is 1.59. The third kappa shape index (κ3) is 3.40. The predicted molar refractivity (Wildman–Crippen MR) is 60.3 cm³/mol. The Bertz CT molecular complexity index is 314. The van der Waals surface area contributed by atoms with Gasteiger partial charge in [0.2, 0.25) is 5.91 Å². The third-order valence-electron chi connectivity index (χ3n) is 1.85. The number of carbonyl (C=O) groups is 1. The Hall–Kier alpha value is -0.390. The molecule has 1 amide bonds. The van der Waals surface area contributed by atoms with Gasteiger partial charge in [0.25, 0.3) is 0 Å². The van der Waals surface area contributed by atoms with Gasteiger partial charge in [-0.15, -0.1) is 11.3 Å². The van der Waals surface area contributed by atoms with Gasteiger partial charge in [0.05, 0.1) is 9.89 Å². The van der Waals surface area contributed by atoms with Crippen LogP contribution >= 0.6 is 27.3 Å². The zero-order chi connectivity index (χ0) is 10.6. The van der Waals surface area contributed by atoms with E-state index >= 15 is 0 Å². The Morgan fingerprint density at radius 2 is 2.43 bits per heavy atom. The van der Waals surface area contributed by atoms with Crippen molar-refractivity contribution in [1.29, 1.82) is 0 Å². The Labute approximate surface area is 95.3 Å². The Morgan fingerprint density at radius 1 is 1.71 bits per heavy atom. The smallest absolute Gasteiger partial charge is 0.219 e. The molecule has 0 aliphatic carbocycles. The van der Waals surface area contributed by atoms with Gasteiger partial charge < -0.3 is 10.4 Å². The number of aliphatic hydroxyl groups is 1. The van der Waals surface area contributed by atoms with Crippen LogP contribution in [0.5, 0.6) is 0 Å². The van der Waals surface area contributed by atoms with Crippen molar-refractivity contribution in [2.45, 2.75) is 18.9 Å². The van der Waals surface area contributed by atoms with Crippen LogP contribution in [0, 0.1) is 0 Å². The molecule has 0 saturated heterocycles. The lowest BCUT2D eigenvalue weighted by atomic mass is 10.1. The average molecular weight is 278 g/mol. The summed E-state index contributed by atoms with van der Waals surface area (Å²) >= 11 is 4.81. The highest BCUT2D eigenvalue weighted by Crippen LogP contribution is 2.29. The molecule has 1 rings (SSSR count). The summed E-state index contributed by atoms with van der Waals surface area (Å²) in [4.78, 5) is 11.8. The fourth-order valence-electron chi connectivity index (χ4n) is 1.04. The van der Waals surface area contributed by atoms with Crippen LogP contribution in [0.2, 0.25) is 0 Å². The van der Waals surface area contributed by atoms with Gasteiger partial charge in [-0.3, -0.25) is 4.79 Å². The number of aliphatic hydroxyl groups excluding tert-OH is 1.